The van der Waals surface area contributed by atoms with Crippen molar-refractivity contribution in [1.82, 2.24) is 9.66 Å². The average Bonchev–Trinajstić information content (AvgIpc) is 3.08. The van der Waals surface area contributed by atoms with E-state index in [0.717, 1.165) is 16.0 Å². The van der Waals surface area contributed by atoms with Crippen LogP contribution in [0, 0.1) is 6.92 Å². The molecule has 0 radical (unpaired) electrons. The molecular formula is C14H13N3O3S. The van der Waals surface area contributed by atoms with Crippen molar-refractivity contribution in [2.75, 3.05) is 5.43 Å². The molecule has 0 spiro atoms. The highest BCUT2D eigenvalue weighted by atomic mass is 32.1. The molecule has 3 aromatic rings. The summed E-state index contributed by atoms with van der Waals surface area (Å²) in [5.41, 5.74) is 2.62. The zero-order valence-corrected chi connectivity index (χ0v) is 12.4. The SMILES string of the molecule is CCc1cc2c(=O)n(NC(=O)c3ccoc3C)cnc2s1. The third kappa shape index (κ3) is 2.36. The second-order valence-corrected chi connectivity index (χ2v) is 5.65. The molecule has 0 unspecified atom stereocenters. The van der Waals surface area contributed by atoms with Crippen LogP contribution in [-0.4, -0.2) is 15.6 Å². The summed E-state index contributed by atoms with van der Waals surface area (Å²) in [6.07, 6.45) is 3.61. The highest BCUT2D eigenvalue weighted by molar-refractivity contribution is 7.18. The summed E-state index contributed by atoms with van der Waals surface area (Å²) in [6, 6.07) is 3.38. The van der Waals surface area contributed by atoms with Crippen LogP contribution in [0.5, 0.6) is 0 Å². The van der Waals surface area contributed by atoms with Crippen LogP contribution >= 0.6 is 11.3 Å². The predicted octanol–water partition coefficient (Wildman–Crippen LogP) is 2.31. The van der Waals surface area contributed by atoms with E-state index in [0.29, 0.717) is 21.5 Å². The Morgan fingerprint density at radius 2 is 2.33 bits per heavy atom. The number of amides is 1. The quantitative estimate of drug-likeness (QED) is 0.805. The van der Waals surface area contributed by atoms with Crippen LogP contribution in [-0.2, 0) is 6.42 Å². The molecule has 3 heterocycles. The first-order valence-corrected chi connectivity index (χ1v) is 7.27. The number of aromatic nitrogens is 2. The minimum atomic E-state index is -0.407. The lowest BCUT2D eigenvalue weighted by Crippen LogP contribution is -2.33. The Kier molecular flexibility index (Phi) is 3.34. The van der Waals surface area contributed by atoms with E-state index in [9.17, 15) is 9.59 Å². The number of nitrogens with one attached hydrogen (secondary N) is 1. The standard InChI is InChI=1S/C14H13N3O3S/c1-3-9-6-11-13(21-9)15-7-17(14(11)19)16-12(18)10-4-5-20-8(10)2/h4-7H,3H2,1-2H3,(H,16,18). The van der Waals surface area contributed by atoms with Crippen molar-refractivity contribution in [2.45, 2.75) is 20.3 Å². The van der Waals surface area contributed by atoms with Crippen LogP contribution in [0.1, 0.15) is 27.9 Å². The van der Waals surface area contributed by atoms with Gasteiger partial charge in [0, 0.05) is 4.88 Å². The molecule has 21 heavy (non-hydrogen) atoms. The number of carbonyl (C=O) groups excluding carboxylic acids is 1. The van der Waals surface area contributed by atoms with Gasteiger partial charge in [-0.1, -0.05) is 6.92 Å². The summed E-state index contributed by atoms with van der Waals surface area (Å²) in [7, 11) is 0. The highest BCUT2D eigenvalue weighted by Crippen LogP contribution is 2.20. The van der Waals surface area contributed by atoms with Gasteiger partial charge in [-0.15, -0.1) is 11.3 Å². The van der Waals surface area contributed by atoms with E-state index < -0.39 is 5.91 Å². The van der Waals surface area contributed by atoms with E-state index in [1.165, 1.54) is 23.9 Å². The Morgan fingerprint density at radius 1 is 1.52 bits per heavy atom. The van der Waals surface area contributed by atoms with Crippen molar-refractivity contribution in [2.24, 2.45) is 0 Å². The monoisotopic (exact) mass is 303 g/mol. The number of thiophene rings is 1. The third-order valence-electron chi connectivity index (χ3n) is 3.18. The van der Waals surface area contributed by atoms with E-state index in [1.54, 1.807) is 13.0 Å². The van der Waals surface area contributed by atoms with Crippen LogP contribution in [0.4, 0.5) is 0 Å². The van der Waals surface area contributed by atoms with Gasteiger partial charge < -0.3 is 4.42 Å². The zero-order valence-electron chi connectivity index (χ0n) is 11.5. The number of nitrogens with zero attached hydrogens (tertiary/aromatic N) is 2. The third-order valence-corrected chi connectivity index (χ3v) is 4.36. The van der Waals surface area contributed by atoms with E-state index in [4.69, 9.17) is 4.42 Å². The van der Waals surface area contributed by atoms with Gasteiger partial charge in [-0.25, -0.2) is 9.66 Å². The van der Waals surface area contributed by atoms with E-state index in [2.05, 4.69) is 10.4 Å². The predicted molar refractivity (Wildman–Crippen MR) is 80.4 cm³/mol. The van der Waals surface area contributed by atoms with Gasteiger partial charge >= 0.3 is 0 Å². The first kappa shape index (κ1) is 13.6. The molecule has 0 aromatic carbocycles. The number of furan rings is 1. The van der Waals surface area contributed by atoms with E-state index >= 15 is 0 Å². The van der Waals surface area contributed by atoms with Crippen molar-refractivity contribution in [3.63, 3.8) is 0 Å². The number of hydrogen-bond acceptors (Lipinski definition) is 5. The minimum absolute atomic E-state index is 0.287. The summed E-state index contributed by atoms with van der Waals surface area (Å²) in [5.74, 6) is 0.0915. The molecule has 0 aliphatic heterocycles. The molecule has 1 N–H and O–H groups in total. The summed E-state index contributed by atoms with van der Waals surface area (Å²) in [4.78, 5) is 30.4. The number of hydrogen-bond donors (Lipinski definition) is 1. The van der Waals surface area contributed by atoms with Gasteiger partial charge in [0.15, 0.2) is 0 Å². The molecule has 3 rings (SSSR count). The molecule has 0 saturated carbocycles. The van der Waals surface area contributed by atoms with Gasteiger partial charge in [-0.3, -0.25) is 15.0 Å². The molecule has 0 fully saturated rings. The summed E-state index contributed by atoms with van der Waals surface area (Å²) >= 11 is 1.49. The maximum Gasteiger partial charge on any atom is 0.280 e. The Bertz CT molecular complexity index is 875. The Hall–Kier alpha value is -2.41. The topological polar surface area (TPSA) is 77.1 Å². The van der Waals surface area contributed by atoms with Crippen LogP contribution in [0.2, 0.25) is 0 Å². The largest absolute Gasteiger partial charge is 0.469 e. The molecule has 0 saturated heterocycles. The van der Waals surface area contributed by atoms with Crippen LogP contribution in [0.25, 0.3) is 10.2 Å². The van der Waals surface area contributed by atoms with Gasteiger partial charge in [-0.05, 0) is 25.5 Å². The fourth-order valence-corrected chi connectivity index (χ4v) is 2.94. The van der Waals surface area contributed by atoms with Gasteiger partial charge in [-0.2, -0.15) is 0 Å². The van der Waals surface area contributed by atoms with Crippen molar-refractivity contribution >= 4 is 27.5 Å². The maximum atomic E-state index is 12.3. The Balaban J connectivity index is 1.98. The Labute approximate surface area is 124 Å². The normalized spacial score (nSPS) is 11.0. The van der Waals surface area contributed by atoms with Gasteiger partial charge in [0.1, 0.15) is 16.9 Å². The molecule has 3 aromatic heterocycles. The van der Waals surface area contributed by atoms with Crippen molar-refractivity contribution in [3.05, 3.63) is 51.3 Å². The average molecular weight is 303 g/mol. The van der Waals surface area contributed by atoms with Gasteiger partial charge in [0.25, 0.3) is 11.5 Å². The Morgan fingerprint density at radius 3 is 3.00 bits per heavy atom. The highest BCUT2D eigenvalue weighted by Gasteiger charge is 2.14. The molecule has 108 valence electrons. The summed E-state index contributed by atoms with van der Waals surface area (Å²) in [6.45, 7) is 3.71. The molecule has 7 heteroatoms. The van der Waals surface area contributed by atoms with Crippen LogP contribution < -0.4 is 11.0 Å². The van der Waals surface area contributed by atoms with Crippen molar-refractivity contribution < 1.29 is 9.21 Å². The fourth-order valence-electron chi connectivity index (χ4n) is 2.02. The lowest BCUT2D eigenvalue weighted by molar-refractivity contribution is 0.101. The molecule has 0 atom stereocenters. The molecule has 6 nitrogen and oxygen atoms in total. The van der Waals surface area contributed by atoms with E-state index in [1.807, 2.05) is 13.0 Å². The first-order valence-electron chi connectivity index (χ1n) is 6.45. The number of fused-ring (bicyclic) bond motifs is 1. The minimum Gasteiger partial charge on any atom is -0.469 e. The van der Waals surface area contributed by atoms with E-state index in [-0.39, 0.29) is 5.56 Å². The lowest BCUT2D eigenvalue weighted by atomic mass is 10.2. The van der Waals surface area contributed by atoms with Crippen LogP contribution in [0.15, 0.2) is 33.9 Å². The second kappa shape index (κ2) is 5.17. The molecule has 0 aliphatic carbocycles. The number of carbonyl (C=O) groups is 1. The molecule has 1 amide bonds. The molecule has 0 bridgehead atoms. The summed E-state index contributed by atoms with van der Waals surface area (Å²) < 4.78 is 6.18. The van der Waals surface area contributed by atoms with Gasteiger partial charge in [0.2, 0.25) is 0 Å². The van der Waals surface area contributed by atoms with Crippen molar-refractivity contribution in [3.8, 4) is 0 Å². The first-order chi connectivity index (χ1) is 10.1. The van der Waals surface area contributed by atoms with Crippen LogP contribution in [0.3, 0.4) is 0 Å². The number of aryl methyl sites for hydroxylation is 2. The van der Waals surface area contributed by atoms with Gasteiger partial charge in [0.05, 0.1) is 17.2 Å². The summed E-state index contributed by atoms with van der Waals surface area (Å²) in [5, 5.41) is 0.517. The van der Waals surface area contributed by atoms with Crippen molar-refractivity contribution in [1.29, 1.82) is 0 Å². The smallest absolute Gasteiger partial charge is 0.280 e. The fraction of sp³-hybridized carbons (Fsp3) is 0.214. The second-order valence-electron chi connectivity index (χ2n) is 4.54. The maximum absolute atomic E-state index is 12.3. The molecule has 0 aliphatic rings. The zero-order chi connectivity index (χ0) is 15.0. The number of rotatable bonds is 3. The molecular weight excluding hydrogens is 290 g/mol. The lowest BCUT2D eigenvalue weighted by Gasteiger charge is -2.06.